The fourth-order valence-electron chi connectivity index (χ4n) is 1.39. The minimum Gasteiger partial charge on any atom is -0.378 e. The van der Waals surface area contributed by atoms with Gasteiger partial charge in [-0.2, -0.15) is 0 Å². The number of rotatable bonds is 1. The number of nitrogens with zero attached hydrogens (tertiary/aromatic N) is 2. The molecule has 0 saturated carbocycles. The van der Waals surface area contributed by atoms with Crippen LogP contribution in [-0.2, 0) is 4.74 Å². The molecule has 3 nitrogen and oxygen atoms in total. The molecule has 0 amide bonds. The van der Waals surface area contributed by atoms with Crippen LogP contribution >= 0.6 is 11.6 Å². The first kappa shape index (κ1) is 8.78. The summed E-state index contributed by atoms with van der Waals surface area (Å²) in [5, 5.41) is 0.712. The van der Waals surface area contributed by atoms with Crippen molar-refractivity contribution in [2.45, 2.75) is 0 Å². The van der Waals surface area contributed by atoms with Crippen LogP contribution in [0.2, 0.25) is 5.02 Å². The van der Waals surface area contributed by atoms with Crippen molar-refractivity contribution < 1.29 is 4.74 Å². The Morgan fingerprint density at radius 3 is 2.85 bits per heavy atom. The highest BCUT2D eigenvalue weighted by atomic mass is 35.5. The van der Waals surface area contributed by atoms with E-state index in [4.69, 9.17) is 16.3 Å². The molecule has 70 valence electrons. The summed E-state index contributed by atoms with van der Waals surface area (Å²) in [6.07, 6.45) is 1.76. The molecule has 0 N–H and O–H groups in total. The number of halogens is 1. The number of pyridine rings is 1. The van der Waals surface area contributed by atoms with E-state index in [0.717, 1.165) is 32.1 Å². The van der Waals surface area contributed by atoms with Gasteiger partial charge in [-0.15, -0.1) is 0 Å². The van der Waals surface area contributed by atoms with Gasteiger partial charge in [0.2, 0.25) is 0 Å². The monoisotopic (exact) mass is 198 g/mol. The van der Waals surface area contributed by atoms with Crippen molar-refractivity contribution in [3.8, 4) is 0 Å². The van der Waals surface area contributed by atoms with E-state index in [1.807, 2.05) is 12.1 Å². The van der Waals surface area contributed by atoms with Gasteiger partial charge in [0.25, 0.3) is 0 Å². The highest BCUT2D eigenvalue weighted by Crippen LogP contribution is 2.22. The van der Waals surface area contributed by atoms with Gasteiger partial charge in [0, 0.05) is 19.3 Å². The van der Waals surface area contributed by atoms with Crippen LogP contribution in [0.15, 0.2) is 18.3 Å². The molecule has 0 atom stereocenters. The topological polar surface area (TPSA) is 25.4 Å². The normalized spacial score (nSPS) is 17.5. The lowest BCUT2D eigenvalue weighted by Crippen LogP contribution is -2.36. The third-order valence-corrected chi connectivity index (χ3v) is 2.34. The van der Waals surface area contributed by atoms with Crippen molar-refractivity contribution in [2.75, 3.05) is 31.2 Å². The standard InChI is InChI=1S/C9H11ClN2O/c10-8-2-1-3-11-9(8)12-4-6-13-7-5-12/h1-3H,4-7H2. The van der Waals surface area contributed by atoms with Crippen LogP contribution in [0.1, 0.15) is 0 Å². The third-order valence-electron chi connectivity index (χ3n) is 2.05. The van der Waals surface area contributed by atoms with E-state index >= 15 is 0 Å². The van der Waals surface area contributed by atoms with Crippen molar-refractivity contribution in [3.63, 3.8) is 0 Å². The van der Waals surface area contributed by atoms with E-state index in [0.29, 0.717) is 5.02 Å². The Bertz CT molecular complexity index is 287. The van der Waals surface area contributed by atoms with Gasteiger partial charge in [-0.3, -0.25) is 0 Å². The molecule has 0 bridgehead atoms. The molecule has 0 spiro atoms. The minimum absolute atomic E-state index is 0.712. The van der Waals surface area contributed by atoms with Crippen LogP contribution in [0.5, 0.6) is 0 Å². The van der Waals surface area contributed by atoms with Gasteiger partial charge in [0.05, 0.1) is 18.2 Å². The average molecular weight is 199 g/mol. The summed E-state index contributed by atoms with van der Waals surface area (Å²) in [4.78, 5) is 6.39. The lowest BCUT2D eigenvalue weighted by Gasteiger charge is -2.28. The van der Waals surface area contributed by atoms with Gasteiger partial charge in [-0.1, -0.05) is 11.6 Å². The van der Waals surface area contributed by atoms with Gasteiger partial charge < -0.3 is 9.64 Å². The highest BCUT2D eigenvalue weighted by Gasteiger charge is 2.14. The minimum atomic E-state index is 0.712. The van der Waals surface area contributed by atoms with Gasteiger partial charge in [-0.25, -0.2) is 4.98 Å². The molecule has 0 aromatic carbocycles. The summed E-state index contributed by atoms with van der Waals surface area (Å²) in [5.41, 5.74) is 0. The zero-order valence-corrected chi connectivity index (χ0v) is 8.00. The molecule has 4 heteroatoms. The van der Waals surface area contributed by atoms with E-state index in [9.17, 15) is 0 Å². The van der Waals surface area contributed by atoms with Crippen molar-refractivity contribution in [3.05, 3.63) is 23.4 Å². The summed E-state index contributed by atoms with van der Waals surface area (Å²) in [6, 6.07) is 3.70. The molecule has 13 heavy (non-hydrogen) atoms. The van der Waals surface area contributed by atoms with E-state index < -0.39 is 0 Å². The second kappa shape index (κ2) is 3.94. The largest absolute Gasteiger partial charge is 0.378 e. The summed E-state index contributed by atoms with van der Waals surface area (Å²) < 4.78 is 5.25. The van der Waals surface area contributed by atoms with Crippen LogP contribution in [0.25, 0.3) is 0 Å². The Morgan fingerprint density at radius 1 is 1.38 bits per heavy atom. The zero-order valence-electron chi connectivity index (χ0n) is 7.24. The molecular formula is C9H11ClN2O. The number of morpholine rings is 1. The van der Waals surface area contributed by atoms with Crippen LogP contribution in [0.4, 0.5) is 5.82 Å². The van der Waals surface area contributed by atoms with E-state index in [-0.39, 0.29) is 0 Å². The number of ether oxygens (including phenoxy) is 1. The first-order chi connectivity index (χ1) is 6.38. The second-order valence-corrected chi connectivity index (χ2v) is 3.32. The first-order valence-corrected chi connectivity index (χ1v) is 4.69. The smallest absolute Gasteiger partial charge is 0.147 e. The molecule has 0 aliphatic carbocycles. The van der Waals surface area contributed by atoms with Crippen LogP contribution in [-0.4, -0.2) is 31.3 Å². The molecule has 1 saturated heterocycles. The third kappa shape index (κ3) is 1.92. The molecular weight excluding hydrogens is 188 g/mol. The van der Waals surface area contributed by atoms with Crippen molar-refractivity contribution >= 4 is 17.4 Å². The Labute approximate surface area is 82.3 Å². The Kier molecular flexibility index (Phi) is 2.66. The highest BCUT2D eigenvalue weighted by molar-refractivity contribution is 6.32. The zero-order chi connectivity index (χ0) is 9.10. The number of hydrogen-bond donors (Lipinski definition) is 0. The second-order valence-electron chi connectivity index (χ2n) is 2.91. The summed E-state index contributed by atoms with van der Waals surface area (Å²) in [7, 11) is 0. The molecule has 1 aromatic rings. The van der Waals surface area contributed by atoms with Crippen LogP contribution in [0, 0.1) is 0 Å². The molecule has 0 radical (unpaired) electrons. The molecule has 1 aromatic heterocycles. The Hall–Kier alpha value is -0.800. The lowest BCUT2D eigenvalue weighted by atomic mass is 10.4. The first-order valence-electron chi connectivity index (χ1n) is 4.31. The molecule has 1 aliphatic rings. The quantitative estimate of drug-likeness (QED) is 0.685. The van der Waals surface area contributed by atoms with Crippen molar-refractivity contribution in [2.24, 2.45) is 0 Å². The van der Waals surface area contributed by atoms with E-state index in [2.05, 4.69) is 9.88 Å². The maximum atomic E-state index is 6.01. The maximum absolute atomic E-state index is 6.01. The number of aromatic nitrogens is 1. The van der Waals surface area contributed by atoms with Gasteiger partial charge >= 0.3 is 0 Å². The van der Waals surface area contributed by atoms with Crippen molar-refractivity contribution in [1.82, 2.24) is 4.98 Å². The van der Waals surface area contributed by atoms with Crippen molar-refractivity contribution in [1.29, 1.82) is 0 Å². The fourth-order valence-corrected chi connectivity index (χ4v) is 1.63. The summed E-state index contributed by atoms with van der Waals surface area (Å²) >= 11 is 6.01. The van der Waals surface area contributed by atoms with Crippen LogP contribution < -0.4 is 4.90 Å². The molecule has 1 fully saturated rings. The fraction of sp³-hybridized carbons (Fsp3) is 0.444. The molecule has 1 aliphatic heterocycles. The Morgan fingerprint density at radius 2 is 2.15 bits per heavy atom. The Balaban J connectivity index is 2.18. The van der Waals surface area contributed by atoms with E-state index in [1.165, 1.54) is 0 Å². The average Bonchev–Trinajstić information content (AvgIpc) is 2.20. The van der Waals surface area contributed by atoms with Crippen LogP contribution in [0.3, 0.4) is 0 Å². The number of anilines is 1. The van der Waals surface area contributed by atoms with E-state index in [1.54, 1.807) is 6.20 Å². The van der Waals surface area contributed by atoms with Gasteiger partial charge in [-0.05, 0) is 12.1 Å². The summed E-state index contributed by atoms with van der Waals surface area (Å²) in [5.74, 6) is 0.868. The summed E-state index contributed by atoms with van der Waals surface area (Å²) in [6.45, 7) is 3.26. The molecule has 2 rings (SSSR count). The predicted molar refractivity (Wildman–Crippen MR) is 52.3 cm³/mol. The maximum Gasteiger partial charge on any atom is 0.147 e. The molecule has 2 heterocycles. The predicted octanol–water partition coefficient (Wildman–Crippen LogP) is 1.57. The number of hydrogen-bond acceptors (Lipinski definition) is 3. The SMILES string of the molecule is Clc1cccnc1N1CCOCC1. The lowest BCUT2D eigenvalue weighted by molar-refractivity contribution is 0.122. The molecule has 0 unspecified atom stereocenters. The van der Waals surface area contributed by atoms with Gasteiger partial charge in [0.15, 0.2) is 0 Å². The van der Waals surface area contributed by atoms with Gasteiger partial charge in [0.1, 0.15) is 5.82 Å².